The van der Waals surface area contributed by atoms with Gasteiger partial charge < -0.3 is 4.90 Å². The van der Waals surface area contributed by atoms with Crippen molar-refractivity contribution in [1.29, 1.82) is 0 Å². The molecule has 0 unspecified atom stereocenters. The lowest BCUT2D eigenvalue weighted by atomic mass is 10.2. The maximum Gasteiger partial charge on any atom is 0.255 e. The lowest BCUT2D eigenvalue weighted by Crippen LogP contribution is -2.26. The molecule has 0 spiro atoms. The molecule has 0 amide bonds. The molecule has 6 heteroatoms. The molecule has 0 saturated carbocycles. The van der Waals surface area contributed by atoms with Gasteiger partial charge in [0, 0.05) is 12.6 Å². The molecule has 0 saturated heterocycles. The molecule has 1 heterocycles. The molecule has 3 nitrogen and oxygen atoms in total. The third-order valence-corrected chi connectivity index (χ3v) is 2.47. The number of hydrogen-bond acceptors (Lipinski definition) is 3. The number of aromatic nitrogens is 2. The molecule has 0 aliphatic carbocycles. The van der Waals surface area contributed by atoms with E-state index in [-0.39, 0.29) is 6.54 Å². The molecule has 16 heavy (non-hydrogen) atoms. The first-order chi connectivity index (χ1) is 7.56. The van der Waals surface area contributed by atoms with Crippen molar-refractivity contribution in [3.63, 3.8) is 0 Å². The van der Waals surface area contributed by atoms with Crippen LogP contribution in [0.2, 0.25) is 5.15 Å². The largest absolute Gasteiger partial charge is 0.354 e. The van der Waals surface area contributed by atoms with Crippen molar-refractivity contribution < 1.29 is 8.78 Å². The topological polar surface area (TPSA) is 29.0 Å². The maximum atomic E-state index is 12.3. The fourth-order valence-electron chi connectivity index (χ4n) is 1.47. The van der Waals surface area contributed by atoms with Crippen LogP contribution in [0.3, 0.4) is 0 Å². The highest BCUT2D eigenvalue weighted by Gasteiger charge is 2.15. The lowest BCUT2D eigenvalue weighted by Gasteiger charge is -2.20. The summed E-state index contributed by atoms with van der Waals surface area (Å²) in [4.78, 5) is 9.27. The normalized spacial score (nSPS) is 10.9. The van der Waals surface area contributed by atoms with Crippen LogP contribution in [0.5, 0.6) is 0 Å². The highest BCUT2D eigenvalue weighted by molar-refractivity contribution is 6.30. The molecule has 1 aromatic rings. The summed E-state index contributed by atoms with van der Waals surface area (Å²) in [5.74, 6) is 0.488. The van der Waals surface area contributed by atoms with Gasteiger partial charge >= 0.3 is 0 Å². The Kier molecular flexibility index (Phi) is 4.86. The van der Waals surface area contributed by atoms with E-state index >= 15 is 0 Å². The minimum atomic E-state index is -2.40. The zero-order chi connectivity index (χ0) is 12.1. The number of anilines is 1. The molecule has 0 bridgehead atoms. The van der Waals surface area contributed by atoms with Gasteiger partial charge in [-0.15, -0.1) is 0 Å². The van der Waals surface area contributed by atoms with E-state index in [0.29, 0.717) is 17.4 Å². The first-order valence-electron chi connectivity index (χ1n) is 5.04. The standard InChI is InChI=1S/C10H14ClF2N3/c1-3-4-7-9(11)14-6-15-10(7)16(2)5-8(12)13/h6,8H,3-5H2,1-2H3. The van der Waals surface area contributed by atoms with Crippen LogP contribution in [0, 0.1) is 0 Å². The molecule has 1 aromatic heterocycles. The van der Waals surface area contributed by atoms with E-state index in [1.807, 2.05) is 6.92 Å². The van der Waals surface area contributed by atoms with Crippen LogP contribution in [-0.2, 0) is 6.42 Å². The Morgan fingerprint density at radius 1 is 1.44 bits per heavy atom. The van der Waals surface area contributed by atoms with Crippen molar-refractivity contribution in [3.05, 3.63) is 17.0 Å². The quantitative estimate of drug-likeness (QED) is 0.752. The summed E-state index contributed by atoms with van der Waals surface area (Å²) in [6, 6.07) is 0. The summed E-state index contributed by atoms with van der Waals surface area (Å²) >= 11 is 5.92. The van der Waals surface area contributed by atoms with Gasteiger partial charge in [0.25, 0.3) is 6.43 Å². The van der Waals surface area contributed by atoms with Crippen LogP contribution in [0.15, 0.2) is 6.33 Å². The van der Waals surface area contributed by atoms with Crippen molar-refractivity contribution in [2.24, 2.45) is 0 Å². The minimum absolute atomic E-state index is 0.341. The van der Waals surface area contributed by atoms with Gasteiger partial charge in [0.15, 0.2) is 0 Å². The Labute approximate surface area is 98.5 Å². The molecule has 0 atom stereocenters. The van der Waals surface area contributed by atoms with Crippen LogP contribution in [0.25, 0.3) is 0 Å². The lowest BCUT2D eigenvalue weighted by molar-refractivity contribution is 0.156. The smallest absolute Gasteiger partial charge is 0.255 e. The minimum Gasteiger partial charge on any atom is -0.354 e. The van der Waals surface area contributed by atoms with Crippen LogP contribution < -0.4 is 4.90 Å². The van der Waals surface area contributed by atoms with E-state index < -0.39 is 6.43 Å². The van der Waals surface area contributed by atoms with E-state index in [0.717, 1.165) is 12.0 Å². The van der Waals surface area contributed by atoms with E-state index in [1.165, 1.54) is 11.2 Å². The highest BCUT2D eigenvalue weighted by Crippen LogP contribution is 2.24. The average molecular weight is 250 g/mol. The van der Waals surface area contributed by atoms with E-state index in [9.17, 15) is 8.78 Å². The summed E-state index contributed by atoms with van der Waals surface area (Å²) in [6.07, 6.45) is 0.442. The third kappa shape index (κ3) is 3.27. The Hall–Kier alpha value is -0.970. The van der Waals surface area contributed by atoms with E-state index in [2.05, 4.69) is 9.97 Å². The molecule has 0 N–H and O–H groups in total. The Balaban J connectivity index is 2.97. The van der Waals surface area contributed by atoms with Gasteiger partial charge in [-0.2, -0.15) is 0 Å². The molecular weight excluding hydrogens is 236 g/mol. The number of halogens is 3. The molecule has 0 aliphatic rings. The molecular formula is C10H14ClF2N3. The number of alkyl halides is 2. The van der Waals surface area contributed by atoms with E-state index in [1.54, 1.807) is 7.05 Å². The third-order valence-electron chi connectivity index (χ3n) is 2.14. The first-order valence-corrected chi connectivity index (χ1v) is 5.42. The van der Waals surface area contributed by atoms with Crippen LogP contribution in [-0.4, -0.2) is 30.0 Å². The summed E-state index contributed by atoms with van der Waals surface area (Å²) in [5.41, 5.74) is 0.731. The SMILES string of the molecule is CCCc1c(Cl)ncnc1N(C)CC(F)F. The second kappa shape index (κ2) is 5.94. The number of hydrogen-bond donors (Lipinski definition) is 0. The van der Waals surface area contributed by atoms with Gasteiger partial charge in [0.05, 0.1) is 6.54 Å². The average Bonchev–Trinajstić information content (AvgIpc) is 2.20. The molecule has 0 radical (unpaired) electrons. The molecule has 0 fully saturated rings. The van der Waals surface area contributed by atoms with Gasteiger partial charge in [-0.1, -0.05) is 24.9 Å². The highest BCUT2D eigenvalue weighted by atomic mass is 35.5. The number of nitrogens with zero attached hydrogens (tertiary/aromatic N) is 3. The summed E-state index contributed by atoms with van der Waals surface area (Å²) in [5, 5.41) is 0.341. The Bertz CT molecular complexity index is 347. The van der Waals surface area contributed by atoms with Gasteiger partial charge in [-0.25, -0.2) is 18.7 Å². The van der Waals surface area contributed by atoms with Gasteiger partial charge in [-0.3, -0.25) is 0 Å². The monoisotopic (exact) mass is 249 g/mol. The van der Waals surface area contributed by atoms with Gasteiger partial charge in [0.1, 0.15) is 17.3 Å². The van der Waals surface area contributed by atoms with Crippen molar-refractivity contribution in [2.45, 2.75) is 26.2 Å². The number of rotatable bonds is 5. The first kappa shape index (κ1) is 13.1. The molecule has 0 aliphatic heterocycles. The second-order valence-electron chi connectivity index (χ2n) is 3.49. The van der Waals surface area contributed by atoms with Crippen molar-refractivity contribution >= 4 is 17.4 Å². The van der Waals surface area contributed by atoms with Crippen LogP contribution in [0.4, 0.5) is 14.6 Å². The summed E-state index contributed by atoms with van der Waals surface area (Å²) in [7, 11) is 1.57. The van der Waals surface area contributed by atoms with Crippen LogP contribution in [0.1, 0.15) is 18.9 Å². The van der Waals surface area contributed by atoms with Gasteiger partial charge in [0.2, 0.25) is 0 Å². The van der Waals surface area contributed by atoms with Crippen molar-refractivity contribution in [1.82, 2.24) is 9.97 Å². The summed E-state index contributed by atoms with van der Waals surface area (Å²) < 4.78 is 24.5. The second-order valence-corrected chi connectivity index (χ2v) is 3.85. The van der Waals surface area contributed by atoms with Crippen LogP contribution >= 0.6 is 11.6 Å². The predicted molar refractivity (Wildman–Crippen MR) is 60.3 cm³/mol. The molecule has 0 aromatic carbocycles. The molecule has 1 rings (SSSR count). The predicted octanol–water partition coefficient (Wildman–Crippen LogP) is 2.78. The molecule has 90 valence electrons. The zero-order valence-electron chi connectivity index (χ0n) is 9.25. The van der Waals surface area contributed by atoms with E-state index in [4.69, 9.17) is 11.6 Å². The Morgan fingerprint density at radius 3 is 2.69 bits per heavy atom. The zero-order valence-corrected chi connectivity index (χ0v) is 10.0. The Morgan fingerprint density at radius 2 is 2.12 bits per heavy atom. The van der Waals surface area contributed by atoms with Crippen molar-refractivity contribution in [2.75, 3.05) is 18.5 Å². The maximum absolute atomic E-state index is 12.3. The van der Waals surface area contributed by atoms with Crippen molar-refractivity contribution in [3.8, 4) is 0 Å². The summed E-state index contributed by atoms with van der Waals surface area (Å²) in [6.45, 7) is 1.63. The fourth-order valence-corrected chi connectivity index (χ4v) is 1.69. The van der Waals surface area contributed by atoms with Gasteiger partial charge in [-0.05, 0) is 6.42 Å². The fraction of sp³-hybridized carbons (Fsp3) is 0.600.